The van der Waals surface area contributed by atoms with Gasteiger partial charge in [0.25, 0.3) is 17.4 Å². The highest BCUT2D eigenvalue weighted by atomic mass is 19.2. The quantitative estimate of drug-likeness (QED) is 0.218. The van der Waals surface area contributed by atoms with E-state index in [1.807, 2.05) is 0 Å². The van der Waals surface area contributed by atoms with Gasteiger partial charge in [-0.2, -0.15) is 0 Å². The lowest BCUT2D eigenvalue weighted by Crippen LogP contribution is -2.29. The number of nitrogens with zero attached hydrogens (tertiary/aromatic N) is 3. The molecule has 160 valence electrons. The topological polar surface area (TPSA) is 114 Å². The fourth-order valence-corrected chi connectivity index (χ4v) is 3.48. The van der Waals surface area contributed by atoms with Crippen LogP contribution < -0.4 is 4.90 Å². The number of pyridine rings is 1. The van der Waals surface area contributed by atoms with Gasteiger partial charge < -0.3 is 5.11 Å². The van der Waals surface area contributed by atoms with Crippen LogP contribution in [0.3, 0.4) is 0 Å². The summed E-state index contributed by atoms with van der Waals surface area (Å²) in [4.78, 5) is 41.0. The molecule has 2 heterocycles. The van der Waals surface area contributed by atoms with Crippen LogP contribution in [0.2, 0.25) is 0 Å². The lowest BCUT2D eigenvalue weighted by molar-refractivity contribution is -0.384. The van der Waals surface area contributed by atoms with Gasteiger partial charge in [0.15, 0.2) is 11.6 Å². The van der Waals surface area contributed by atoms with Crippen LogP contribution >= 0.6 is 0 Å². The molecular weight excluding hydrogens is 424 g/mol. The summed E-state index contributed by atoms with van der Waals surface area (Å²) in [6.07, 6.45) is 2.83. The third-order valence-electron chi connectivity index (χ3n) is 4.98. The smallest absolute Gasteiger partial charge is 0.300 e. The number of halogens is 2. The van der Waals surface area contributed by atoms with Crippen molar-refractivity contribution in [3.8, 4) is 0 Å². The van der Waals surface area contributed by atoms with Crippen molar-refractivity contribution in [3.63, 3.8) is 0 Å². The minimum atomic E-state index is -1.22. The van der Waals surface area contributed by atoms with Crippen LogP contribution in [-0.4, -0.2) is 26.7 Å². The van der Waals surface area contributed by atoms with E-state index in [-0.39, 0.29) is 22.5 Å². The highest BCUT2D eigenvalue weighted by molar-refractivity contribution is 6.51. The van der Waals surface area contributed by atoms with E-state index >= 15 is 0 Å². The highest BCUT2D eigenvalue weighted by Gasteiger charge is 2.47. The molecule has 0 spiro atoms. The number of nitro benzene ring substituents is 1. The molecule has 1 unspecified atom stereocenters. The molecule has 0 saturated carbocycles. The predicted octanol–water partition coefficient (Wildman–Crippen LogP) is 3.89. The summed E-state index contributed by atoms with van der Waals surface area (Å²) in [7, 11) is 0. The van der Waals surface area contributed by atoms with E-state index in [2.05, 4.69) is 4.98 Å². The zero-order valence-electron chi connectivity index (χ0n) is 16.1. The maximum atomic E-state index is 13.9. The second-order valence-electron chi connectivity index (χ2n) is 6.86. The van der Waals surface area contributed by atoms with E-state index < -0.39 is 40.0 Å². The lowest BCUT2D eigenvalue weighted by Gasteiger charge is -2.25. The number of anilines is 1. The number of nitro groups is 1. The average molecular weight is 437 g/mol. The maximum absolute atomic E-state index is 13.9. The van der Waals surface area contributed by atoms with Gasteiger partial charge in [-0.25, -0.2) is 8.78 Å². The Labute approximate surface area is 179 Å². The summed E-state index contributed by atoms with van der Waals surface area (Å²) in [6, 6.07) is 9.39. The molecule has 1 aromatic heterocycles. The molecule has 1 aliphatic heterocycles. The molecule has 32 heavy (non-hydrogen) atoms. The van der Waals surface area contributed by atoms with Crippen LogP contribution in [-0.2, 0) is 9.59 Å². The van der Waals surface area contributed by atoms with Crippen LogP contribution in [0, 0.1) is 21.7 Å². The normalized spacial score (nSPS) is 17.6. The molecule has 1 amide bonds. The van der Waals surface area contributed by atoms with E-state index in [1.165, 1.54) is 24.5 Å². The molecule has 0 aliphatic carbocycles. The number of hydrogen-bond acceptors (Lipinski definition) is 6. The first-order valence-corrected chi connectivity index (χ1v) is 9.20. The number of hydrogen-bond donors (Lipinski definition) is 1. The fourth-order valence-electron chi connectivity index (χ4n) is 3.48. The van der Waals surface area contributed by atoms with Crippen molar-refractivity contribution in [2.45, 2.75) is 6.04 Å². The van der Waals surface area contributed by atoms with Gasteiger partial charge in [0.05, 0.1) is 16.5 Å². The first-order valence-electron chi connectivity index (χ1n) is 9.20. The highest BCUT2D eigenvalue weighted by Crippen LogP contribution is 2.42. The average Bonchev–Trinajstić information content (AvgIpc) is 3.06. The zero-order valence-corrected chi connectivity index (χ0v) is 16.1. The molecule has 0 radical (unpaired) electrons. The number of aliphatic hydroxyl groups is 1. The first kappa shape index (κ1) is 20.8. The van der Waals surface area contributed by atoms with Gasteiger partial charge in [-0.1, -0.05) is 6.07 Å². The molecule has 1 atom stereocenters. The number of ketones is 1. The van der Waals surface area contributed by atoms with Crippen molar-refractivity contribution < 1.29 is 28.4 Å². The molecular formula is C22H13F2N3O5. The Bertz CT molecular complexity index is 1280. The second kappa shape index (κ2) is 7.99. The van der Waals surface area contributed by atoms with Crippen molar-refractivity contribution in [1.82, 2.24) is 4.98 Å². The number of benzene rings is 2. The van der Waals surface area contributed by atoms with Gasteiger partial charge in [-0.15, -0.1) is 0 Å². The Morgan fingerprint density at radius 3 is 2.38 bits per heavy atom. The number of Topliss-reactive ketones (excluding diaryl/α,β-unsaturated/α-hetero) is 1. The van der Waals surface area contributed by atoms with E-state index in [0.717, 1.165) is 35.2 Å². The van der Waals surface area contributed by atoms with Gasteiger partial charge in [-0.05, 0) is 35.9 Å². The Hall–Kier alpha value is -4.47. The van der Waals surface area contributed by atoms with Crippen LogP contribution in [0.5, 0.6) is 0 Å². The molecule has 1 fully saturated rings. The van der Waals surface area contributed by atoms with Crippen LogP contribution in [0.25, 0.3) is 5.76 Å². The van der Waals surface area contributed by atoms with E-state index in [0.29, 0.717) is 5.56 Å². The van der Waals surface area contributed by atoms with E-state index in [1.54, 1.807) is 12.1 Å². The SMILES string of the molecule is O=C1C(=O)N(c2ccc(F)c(F)c2)C(c2cccnc2)/C1=C(\O)c1ccc([N+](=O)[O-])cc1. The van der Waals surface area contributed by atoms with Crippen molar-refractivity contribution in [1.29, 1.82) is 0 Å². The van der Waals surface area contributed by atoms with Crippen LogP contribution in [0.15, 0.2) is 72.6 Å². The predicted molar refractivity (Wildman–Crippen MR) is 108 cm³/mol. The van der Waals surface area contributed by atoms with Gasteiger partial charge in [0.2, 0.25) is 0 Å². The molecule has 4 rings (SSSR count). The molecule has 10 heteroatoms. The Balaban J connectivity index is 1.91. The number of non-ortho nitro benzene ring substituents is 1. The zero-order chi connectivity index (χ0) is 23.0. The number of carbonyl (C=O) groups is 2. The molecule has 3 aromatic rings. The van der Waals surface area contributed by atoms with Crippen molar-refractivity contribution in [2.24, 2.45) is 0 Å². The third-order valence-corrected chi connectivity index (χ3v) is 4.98. The van der Waals surface area contributed by atoms with Crippen molar-refractivity contribution >= 4 is 28.8 Å². The second-order valence-corrected chi connectivity index (χ2v) is 6.86. The molecule has 2 aromatic carbocycles. The Morgan fingerprint density at radius 2 is 1.78 bits per heavy atom. The fraction of sp³-hybridized carbons (Fsp3) is 0.0455. The Morgan fingerprint density at radius 1 is 1.06 bits per heavy atom. The number of rotatable bonds is 4. The third kappa shape index (κ3) is 3.47. The van der Waals surface area contributed by atoms with Gasteiger partial charge >= 0.3 is 0 Å². The number of amides is 1. The molecule has 1 aliphatic rings. The monoisotopic (exact) mass is 437 g/mol. The van der Waals surface area contributed by atoms with E-state index in [9.17, 15) is 33.6 Å². The van der Waals surface area contributed by atoms with Crippen LogP contribution in [0.1, 0.15) is 17.2 Å². The summed E-state index contributed by atoms with van der Waals surface area (Å²) < 4.78 is 27.3. The summed E-state index contributed by atoms with van der Waals surface area (Å²) in [5, 5.41) is 21.8. The van der Waals surface area contributed by atoms with Gasteiger partial charge in [-0.3, -0.25) is 29.6 Å². The minimum absolute atomic E-state index is 0.0628. The van der Waals surface area contributed by atoms with Crippen molar-refractivity contribution in [3.05, 3.63) is 105 Å². The molecule has 1 saturated heterocycles. The van der Waals surface area contributed by atoms with Crippen molar-refractivity contribution in [2.75, 3.05) is 4.90 Å². The number of carbonyl (C=O) groups excluding carboxylic acids is 2. The maximum Gasteiger partial charge on any atom is 0.300 e. The summed E-state index contributed by atoms with van der Waals surface area (Å²) in [5.74, 6) is -5.04. The Kier molecular flexibility index (Phi) is 5.19. The first-order chi connectivity index (χ1) is 15.3. The number of aromatic nitrogens is 1. The van der Waals surface area contributed by atoms with Gasteiger partial charge in [0, 0.05) is 41.8 Å². The molecule has 8 nitrogen and oxygen atoms in total. The molecule has 0 bridgehead atoms. The summed E-state index contributed by atoms with van der Waals surface area (Å²) in [5.41, 5.74) is -0.246. The molecule has 1 N–H and O–H groups in total. The minimum Gasteiger partial charge on any atom is -0.507 e. The van der Waals surface area contributed by atoms with E-state index in [4.69, 9.17) is 0 Å². The largest absolute Gasteiger partial charge is 0.507 e. The lowest BCUT2D eigenvalue weighted by atomic mass is 9.96. The number of aliphatic hydroxyl groups excluding tert-OH is 1. The van der Waals surface area contributed by atoms with Gasteiger partial charge in [0.1, 0.15) is 5.76 Å². The standard InChI is InChI=1S/C22H13F2N3O5/c23-16-8-7-15(10-17(16)24)26-19(13-2-1-9-25-11-13)18(21(29)22(26)30)20(28)12-3-5-14(6-4-12)27(31)32/h1-11,19,28H/b20-18+. The summed E-state index contributed by atoms with van der Waals surface area (Å²) >= 11 is 0. The van der Waals surface area contributed by atoms with Crippen LogP contribution in [0.4, 0.5) is 20.2 Å². The summed E-state index contributed by atoms with van der Waals surface area (Å²) in [6.45, 7) is 0.